The number of para-hydroxylation sites is 2. The zero-order valence-corrected chi connectivity index (χ0v) is 12.0. The summed E-state index contributed by atoms with van der Waals surface area (Å²) in [6.45, 7) is -0.625. The number of rotatable bonds is 7. The molecule has 0 fully saturated rings. The first-order valence-corrected chi connectivity index (χ1v) is 6.66. The van der Waals surface area contributed by atoms with Crippen LogP contribution in [0.25, 0.3) is 0 Å². The van der Waals surface area contributed by atoms with Gasteiger partial charge in [0.05, 0.1) is 16.1 Å². The lowest BCUT2D eigenvalue weighted by Crippen LogP contribution is -2.15. The van der Waals surface area contributed by atoms with Gasteiger partial charge in [0.2, 0.25) is 0 Å². The van der Waals surface area contributed by atoms with Crippen LogP contribution in [0.4, 0.5) is 5.69 Å². The zero-order chi connectivity index (χ0) is 16.7. The third kappa shape index (κ3) is 4.37. The molecule has 23 heavy (non-hydrogen) atoms. The number of hydrogen-bond donors (Lipinski definition) is 0. The highest BCUT2D eigenvalue weighted by atomic mass is 16.6. The van der Waals surface area contributed by atoms with E-state index in [1.54, 1.807) is 30.3 Å². The first-order chi connectivity index (χ1) is 11.1. The molecule has 0 unspecified atom stereocenters. The summed E-state index contributed by atoms with van der Waals surface area (Å²) in [5.74, 6) is -0.422. The Balaban J connectivity index is 1.91. The van der Waals surface area contributed by atoms with Crippen molar-refractivity contribution in [2.75, 3.05) is 6.61 Å². The van der Waals surface area contributed by atoms with Crippen molar-refractivity contribution >= 4 is 17.9 Å². The van der Waals surface area contributed by atoms with Gasteiger partial charge < -0.3 is 9.47 Å². The van der Waals surface area contributed by atoms with Crippen LogP contribution in [0.3, 0.4) is 0 Å². The molecule has 2 rings (SSSR count). The van der Waals surface area contributed by atoms with Gasteiger partial charge in [0.1, 0.15) is 12.4 Å². The summed E-state index contributed by atoms with van der Waals surface area (Å²) in [5.41, 5.74) is 0.491. The van der Waals surface area contributed by atoms with Gasteiger partial charge in [-0.25, -0.2) is 4.79 Å². The number of benzene rings is 2. The Labute approximate surface area is 131 Å². The fourth-order valence-corrected chi connectivity index (χ4v) is 1.86. The average Bonchev–Trinajstić information content (AvgIpc) is 2.58. The van der Waals surface area contributed by atoms with Crippen LogP contribution >= 0.6 is 0 Å². The molecule has 0 aromatic heterocycles. The van der Waals surface area contributed by atoms with Crippen molar-refractivity contribution in [3.8, 4) is 5.75 Å². The van der Waals surface area contributed by atoms with E-state index in [-0.39, 0.29) is 18.0 Å². The minimum atomic E-state index is -0.691. The van der Waals surface area contributed by atoms with E-state index in [0.29, 0.717) is 17.4 Å². The molecule has 0 aliphatic carbocycles. The normalized spacial score (nSPS) is 9.91. The molecule has 0 aliphatic rings. The Kier molecular flexibility index (Phi) is 5.40. The van der Waals surface area contributed by atoms with E-state index in [9.17, 15) is 19.7 Å². The van der Waals surface area contributed by atoms with Crippen molar-refractivity contribution in [2.24, 2.45) is 0 Å². The van der Waals surface area contributed by atoms with Gasteiger partial charge in [-0.1, -0.05) is 24.3 Å². The van der Waals surface area contributed by atoms with E-state index in [1.807, 2.05) is 0 Å². The maximum atomic E-state index is 11.7. The molecule has 2 aromatic carbocycles. The molecular formula is C16H13NO6. The Morgan fingerprint density at radius 1 is 1.13 bits per heavy atom. The molecule has 0 saturated carbocycles. The summed E-state index contributed by atoms with van der Waals surface area (Å²) in [7, 11) is 0. The van der Waals surface area contributed by atoms with E-state index >= 15 is 0 Å². The second-order valence-electron chi connectivity index (χ2n) is 4.49. The highest BCUT2D eigenvalue weighted by Gasteiger charge is 2.14. The smallest absolute Gasteiger partial charge is 0.344 e. The van der Waals surface area contributed by atoms with Crippen LogP contribution in [0.1, 0.15) is 15.9 Å². The van der Waals surface area contributed by atoms with Gasteiger partial charge in [0.25, 0.3) is 5.69 Å². The van der Waals surface area contributed by atoms with Crippen molar-refractivity contribution in [1.82, 2.24) is 0 Å². The number of nitro groups is 1. The lowest BCUT2D eigenvalue weighted by molar-refractivity contribution is -0.385. The number of carbonyl (C=O) groups is 2. The van der Waals surface area contributed by atoms with Crippen LogP contribution in [-0.4, -0.2) is 23.8 Å². The molecule has 0 saturated heterocycles. The van der Waals surface area contributed by atoms with Crippen molar-refractivity contribution < 1.29 is 24.0 Å². The molecule has 0 atom stereocenters. The maximum Gasteiger partial charge on any atom is 0.344 e. The summed E-state index contributed by atoms with van der Waals surface area (Å²) in [6, 6.07) is 12.4. The molecule has 0 N–H and O–H groups in total. The number of hydrogen-bond acceptors (Lipinski definition) is 6. The van der Waals surface area contributed by atoms with Gasteiger partial charge in [-0.2, -0.15) is 0 Å². The lowest BCUT2D eigenvalue weighted by atomic mass is 10.2. The highest BCUT2D eigenvalue weighted by Crippen LogP contribution is 2.19. The molecule has 7 nitrogen and oxygen atoms in total. The minimum Gasteiger partial charge on any atom is -0.481 e. The van der Waals surface area contributed by atoms with Crippen molar-refractivity contribution in [2.45, 2.75) is 6.61 Å². The van der Waals surface area contributed by atoms with Gasteiger partial charge in [-0.15, -0.1) is 0 Å². The van der Waals surface area contributed by atoms with E-state index < -0.39 is 17.5 Å². The second kappa shape index (κ2) is 7.69. The van der Waals surface area contributed by atoms with E-state index in [1.165, 1.54) is 18.2 Å². The largest absolute Gasteiger partial charge is 0.481 e. The van der Waals surface area contributed by atoms with Gasteiger partial charge in [-0.3, -0.25) is 14.9 Å². The number of ether oxygens (including phenoxy) is 2. The zero-order valence-electron chi connectivity index (χ0n) is 12.0. The maximum absolute atomic E-state index is 11.7. The minimum absolute atomic E-state index is 0.118. The van der Waals surface area contributed by atoms with Crippen LogP contribution < -0.4 is 4.74 Å². The number of esters is 1. The van der Waals surface area contributed by atoms with Crippen molar-refractivity contribution in [3.05, 3.63) is 69.8 Å². The molecule has 118 valence electrons. The summed E-state index contributed by atoms with van der Waals surface area (Å²) in [4.78, 5) is 32.8. The average molecular weight is 315 g/mol. The molecule has 0 spiro atoms. The second-order valence-corrected chi connectivity index (χ2v) is 4.49. The van der Waals surface area contributed by atoms with Crippen molar-refractivity contribution in [3.63, 3.8) is 0 Å². The van der Waals surface area contributed by atoms with Crippen molar-refractivity contribution in [1.29, 1.82) is 0 Å². The molecule has 2 aromatic rings. The molecule has 0 amide bonds. The Morgan fingerprint density at radius 2 is 1.83 bits per heavy atom. The fourth-order valence-electron chi connectivity index (χ4n) is 1.86. The van der Waals surface area contributed by atoms with Crippen LogP contribution in [0.15, 0.2) is 48.5 Å². The van der Waals surface area contributed by atoms with Crippen LogP contribution in [0.2, 0.25) is 0 Å². The summed E-state index contributed by atoms with van der Waals surface area (Å²) < 4.78 is 10.2. The van der Waals surface area contributed by atoms with Gasteiger partial charge in [0.15, 0.2) is 12.9 Å². The van der Waals surface area contributed by atoms with Gasteiger partial charge in [0, 0.05) is 6.07 Å². The van der Waals surface area contributed by atoms with E-state index in [4.69, 9.17) is 9.47 Å². The van der Waals surface area contributed by atoms with Crippen LogP contribution in [0, 0.1) is 10.1 Å². The first-order valence-electron chi connectivity index (χ1n) is 6.66. The quantitative estimate of drug-likeness (QED) is 0.337. The third-order valence-electron chi connectivity index (χ3n) is 2.97. The number of nitro benzene ring substituents is 1. The number of nitrogens with zero attached hydrogens (tertiary/aromatic N) is 1. The third-order valence-corrected chi connectivity index (χ3v) is 2.97. The summed E-state index contributed by atoms with van der Waals surface area (Å²) in [5, 5.41) is 10.9. The molecule has 7 heteroatoms. The van der Waals surface area contributed by atoms with Gasteiger partial charge >= 0.3 is 5.97 Å². The molecule has 0 heterocycles. The van der Waals surface area contributed by atoms with Crippen LogP contribution in [0.5, 0.6) is 5.75 Å². The lowest BCUT2D eigenvalue weighted by Gasteiger charge is -2.08. The Morgan fingerprint density at radius 3 is 2.57 bits per heavy atom. The van der Waals surface area contributed by atoms with Gasteiger partial charge in [-0.05, 0) is 18.2 Å². The summed E-state index contributed by atoms with van der Waals surface area (Å²) >= 11 is 0. The monoisotopic (exact) mass is 315 g/mol. The fraction of sp³-hybridized carbons (Fsp3) is 0.125. The Bertz CT molecular complexity index is 728. The van der Waals surface area contributed by atoms with E-state index in [2.05, 4.69) is 0 Å². The number of carbonyl (C=O) groups excluding carboxylic acids is 2. The molecular weight excluding hydrogens is 302 g/mol. The number of aldehydes is 1. The first kappa shape index (κ1) is 16.2. The predicted octanol–water partition coefficient (Wildman–Crippen LogP) is 2.53. The Hall–Kier alpha value is -3.22. The van der Waals surface area contributed by atoms with Crippen LogP contribution in [-0.2, 0) is 16.1 Å². The standard InChI is InChI=1S/C16H13NO6/c18-9-12-5-2-4-8-15(12)22-11-16(19)23-10-13-6-1-3-7-14(13)17(20)21/h1-9H,10-11H2. The highest BCUT2D eigenvalue weighted by molar-refractivity contribution is 5.79. The molecule has 0 bridgehead atoms. The predicted molar refractivity (Wildman–Crippen MR) is 80.2 cm³/mol. The van der Waals surface area contributed by atoms with E-state index in [0.717, 1.165) is 0 Å². The molecule has 0 radical (unpaired) electrons. The SMILES string of the molecule is O=Cc1ccccc1OCC(=O)OCc1ccccc1[N+](=O)[O-]. The summed E-state index contributed by atoms with van der Waals surface area (Å²) in [6.07, 6.45) is 0.619. The molecule has 0 aliphatic heterocycles. The topological polar surface area (TPSA) is 95.7 Å².